The predicted molar refractivity (Wildman–Crippen MR) is 91.8 cm³/mol. The topological polar surface area (TPSA) is 126 Å². The Bertz CT molecular complexity index is 828. The summed E-state index contributed by atoms with van der Waals surface area (Å²) in [7, 11) is 1.27. The summed E-state index contributed by atoms with van der Waals surface area (Å²) in [6.45, 7) is 3.36. The summed E-state index contributed by atoms with van der Waals surface area (Å²) in [5, 5.41) is 16.3. The van der Waals surface area contributed by atoms with Gasteiger partial charge >= 0.3 is 5.97 Å². The number of anilines is 2. The highest BCUT2D eigenvalue weighted by atomic mass is 16.6. The number of benzene rings is 1. The normalized spacial score (nSPS) is 10.2. The van der Waals surface area contributed by atoms with Crippen molar-refractivity contribution in [3.8, 4) is 0 Å². The molecule has 0 aliphatic heterocycles. The van der Waals surface area contributed by atoms with Crippen molar-refractivity contribution in [3.05, 3.63) is 51.3 Å². The Hall–Kier alpha value is -3.36. The molecule has 0 atom stereocenters. The number of aromatic nitrogens is 1. The lowest BCUT2D eigenvalue weighted by molar-refractivity contribution is -0.384. The van der Waals surface area contributed by atoms with Crippen LogP contribution in [0.3, 0.4) is 0 Å². The largest absolute Gasteiger partial charge is 0.464 e. The fraction of sp³-hybridized carbons (Fsp3) is 0.250. The molecule has 0 bridgehead atoms. The van der Waals surface area contributed by atoms with E-state index in [1.807, 2.05) is 0 Å². The van der Waals surface area contributed by atoms with E-state index in [1.54, 1.807) is 19.9 Å². The van der Waals surface area contributed by atoms with Gasteiger partial charge in [-0.3, -0.25) is 14.9 Å². The zero-order valence-electron chi connectivity index (χ0n) is 14.0. The minimum absolute atomic E-state index is 0.0425. The quantitative estimate of drug-likeness (QED) is 0.419. The molecule has 0 fully saturated rings. The molecule has 2 rings (SSSR count). The highest BCUT2D eigenvalue weighted by Crippen LogP contribution is 2.21. The van der Waals surface area contributed by atoms with Crippen molar-refractivity contribution in [2.24, 2.45) is 0 Å². The number of aromatic amines is 1. The Balaban J connectivity index is 2.02. The zero-order chi connectivity index (χ0) is 18.6. The number of hydrogen-bond acceptors (Lipinski definition) is 6. The molecule has 0 aliphatic carbocycles. The van der Waals surface area contributed by atoms with Gasteiger partial charge in [0.15, 0.2) is 0 Å². The summed E-state index contributed by atoms with van der Waals surface area (Å²) in [6, 6.07) is 5.87. The Labute approximate surface area is 143 Å². The number of aryl methyl sites for hydroxylation is 2. The van der Waals surface area contributed by atoms with Crippen LogP contribution < -0.4 is 10.6 Å². The number of methoxy groups -OCH3 is 1. The third-order valence-electron chi connectivity index (χ3n) is 3.48. The number of rotatable bonds is 6. The Morgan fingerprint density at radius 3 is 2.56 bits per heavy atom. The minimum atomic E-state index is -0.540. The van der Waals surface area contributed by atoms with Gasteiger partial charge in [-0.25, -0.2) is 4.79 Å². The van der Waals surface area contributed by atoms with Crippen molar-refractivity contribution in [1.82, 2.24) is 4.98 Å². The van der Waals surface area contributed by atoms with Crippen molar-refractivity contribution in [2.45, 2.75) is 13.8 Å². The number of amides is 1. The summed E-state index contributed by atoms with van der Waals surface area (Å²) < 4.78 is 4.67. The third kappa shape index (κ3) is 4.34. The van der Waals surface area contributed by atoms with E-state index in [-0.39, 0.29) is 23.8 Å². The molecule has 0 saturated heterocycles. The van der Waals surface area contributed by atoms with E-state index in [0.29, 0.717) is 16.9 Å². The molecule has 1 aromatic carbocycles. The van der Waals surface area contributed by atoms with Crippen LogP contribution in [-0.4, -0.2) is 35.4 Å². The van der Waals surface area contributed by atoms with Gasteiger partial charge in [-0.2, -0.15) is 0 Å². The van der Waals surface area contributed by atoms with Crippen molar-refractivity contribution in [3.63, 3.8) is 0 Å². The molecule has 1 amide bonds. The first-order valence-electron chi connectivity index (χ1n) is 7.38. The van der Waals surface area contributed by atoms with Crippen LogP contribution in [0.2, 0.25) is 0 Å². The highest BCUT2D eigenvalue weighted by Gasteiger charge is 2.16. The molecule has 1 heterocycles. The molecule has 0 saturated carbocycles. The van der Waals surface area contributed by atoms with E-state index in [9.17, 15) is 19.7 Å². The number of carbonyl (C=O) groups is 2. The van der Waals surface area contributed by atoms with Gasteiger partial charge in [-0.15, -0.1) is 0 Å². The van der Waals surface area contributed by atoms with Gasteiger partial charge in [0.25, 0.3) is 5.69 Å². The number of hydrogen-bond donors (Lipinski definition) is 3. The van der Waals surface area contributed by atoms with E-state index in [0.717, 1.165) is 5.69 Å². The van der Waals surface area contributed by atoms with Crippen LogP contribution in [-0.2, 0) is 9.53 Å². The molecule has 9 heteroatoms. The molecule has 25 heavy (non-hydrogen) atoms. The van der Waals surface area contributed by atoms with Crippen LogP contribution in [0.15, 0.2) is 24.3 Å². The summed E-state index contributed by atoms with van der Waals surface area (Å²) in [5.74, 6) is -0.895. The number of non-ortho nitro benzene ring substituents is 1. The summed E-state index contributed by atoms with van der Waals surface area (Å²) in [4.78, 5) is 36.8. The Kier molecular flexibility index (Phi) is 5.38. The van der Waals surface area contributed by atoms with Crippen LogP contribution >= 0.6 is 0 Å². The zero-order valence-corrected chi connectivity index (χ0v) is 14.0. The Morgan fingerprint density at radius 1 is 1.24 bits per heavy atom. The average Bonchev–Trinajstić information content (AvgIpc) is 2.94. The molecule has 0 radical (unpaired) electrons. The van der Waals surface area contributed by atoms with Gasteiger partial charge < -0.3 is 20.4 Å². The minimum Gasteiger partial charge on any atom is -0.464 e. The average molecular weight is 346 g/mol. The first kappa shape index (κ1) is 18.0. The number of ether oxygens (including phenoxy) is 1. The van der Waals surface area contributed by atoms with Crippen LogP contribution in [0, 0.1) is 24.0 Å². The fourth-order valence-electron chi connectivity index (χ4n) is 2.26. The molecule has 1 aromatic heterocycles. The fourth-order valence-corrected chi connectivity index (χ4v) is 2.26. The molecule has 3 N–H and O–H groups in total. The van der Waals surface area contributed by atoms with Gasteiger partial charge in [-0.05, 0) is 31.5 Å². The van der Waals surface area contributed by atoms with Crippen molar-refractivity contribution >= 4 is 28.9 Å². The van der Waals surface area contributed by atoms with E-state index in [4.69, 9.17) is 0 Å². The molecule has 0 unspecified atom stereocenters. The van der Waals surface area contributed by atoms with E-state index < -0.39 is 10.9 Å². The number of H-pyrrole nitrogens is 1. The lowest BCUT2D eigenvalue weighted by Gasteiger charge is -2.10. The SMILES string of the molecule is COC(=O)c1[nH]c(C)cc1NCC(=O)Nc1ccc([N+](=O)[O-])cc1C. The van der Waals surface area contributed by atoms with Gasteiger partial charge in [0.1, 0.15) is 5.69 Å². The number of nitrogens with zero attached hydrogens (tertiary/aromatic N) is 1. The number of esters is 1. The lowest BCUT2D eigenvalue weighted by atomic mass is 10.2. The predicted octanol–water partition coefficient (Wildman–Crippen LogP) is 2.38. The smallest absolute Gasteiger partial charge is 0.356 e. The van der Waals surface area contributed by atoms with Crippen LogP contribution in [0.1, 0.15) is 21.7 Å². The van der Waals surface area contributed by atoms with Gasteiger partial charge in [0, 0.05) is 23.5 Å². The first-order valence-corrected chi connectivity index (χ1v) is 7.38. The van der Waals surface area contributed by atoms with E-state index in [1.165, 1.54) is 25.3 Å². The van der Waals surface area contributed by atoms with Crippen molar-refractivity contribution in [1.29, 1.82) is 0 Å². The standard InChI is InChI=1S/C16H18N4O5/c1-9-6-11(20(23)24)4-5-12(9)19-14(21)8-17-13-7-10(2)18-15(13)16(22)25-3/h4-7,17-18H,8H2,1-3H3,(H,19,21). The van der Waals surface area contributed by atoms with E-state index >= 15 is 0 Å². The van der Waals surface area contributed by atoms with E-state index in [2.05, 4.69) is 20.4 Å². The number of nitrogens with one attached hydrogen (secondary N) is 3. The third-order valence-corrected chi connectivity index (χ3v) is 3.48. The maximum absolute atomic E-state index is 12.1. The molecule has 0 spiro atoms. The Morgan fingerprint density at radius 2 is 1.96 bits per heavy atom. The lowest BCUT2D eigenvalue weighted by Crippen LogP contribution is -2.23. The molecular weight excluding hydrogens is 328 g/mol. The van der Waals surface area contributed by atoms with Crippen molar-refractivity contribution in [2.75, 3.05) is 24.3 Å². The van der Waals surface area contributed by atoms with Gasteiger partial charge in [0.05, 0.1) is 24.3 Å². The first-order chi connectivity index (χ1) is 11.8. The molecular formula is C16H18N4O5. The highest BCUT2D eigenvalue weighted by molar-refractivity contribution is 5.97. The molecule has 9 nitrogen and oxygen atoms in total. The molecule has 0 aliphatic rings. The van der Waals surface area contributed by atoms with Gasteiger partial charge in [0.2, 0.25) is 5.91 Å². The second-order valence-corrected chi connectivity index (χ2v) is 5.39. The van der Waals surface area contributed by atoms with Crippen molar-refractivity contribution < 1.29 is 19.2 Å². The second kappa shape index (κ2) is 7.47. The van der Waals surface area contributed by atoms with Crippen LogP contribution in [0.5, 0.6) is 0 Å². The van der Waals surface area contributed by atoms with Gasteiger partial charge in [-0.1, -0.05) is 0 Å². The number of nitro groups is 1. The maximum atomic E-state index is 12.1. The molecule has 2 aromatic rings. The summed E-state index contributed by atoms with van der Waals surface area (Å²) in [5.41, 5.74) is 2.46. The van der Waals surface area contributed by atoms with Crippen LogP contribution in [0.4, 0.5) is 17.1 Å². The number of nitro benzene ring substituents is 1. The molecule has 132 valence electrons. The second-order valence-electron chi connectivity index (χ2n) is 5.39. The monoisotopic (exact) mass is 346 g/mol. The number of carbonyl (C=O) groups excluding carboxylic acids is 2. The summed E-state index contributed by atoms with van der Waals surface area (Å²) in [6.07, 6.45) is 0. The maximum Gasteiger partial charge on any atom is 0.356 e. The summed E-state index contributed by atoms with van der Waals surface area (Å²) >= 11 is 0. The van der Waals surface area contributed by atoms with Crippen LogP contribution in [0.25, 0.3) is 0 Å².